The third-order valence-electron chi connectivity index (χ3n) is 4.02. The highest BCUT2D eigenvalue weighted by Gasteiger charge is 2.17. The first kappa shape index (κ1) is 16.5. The number of halogens is 2. The van der Waals surface area contributed by atoms with Gasteiger partial charge in [0, 0.05) is 17.0 Å². The molecule has 0 aliphatic carbocycles. The van der Waals surface area contributed by atoms with Crippen LogP contribution in [0.3, 0.4) is 0 Å². The predicted octanol–water partition coefficient (Wildman–Crippen LogP) is 5.29. The summed E-state index contributed by atoms with van der Waals surface area (Å²) in [5.41, 5.74) is 2.48. The molecule has 0 radical (unpaired) electrons. The third-order valence-corrected chi connectivity index (χ3v) is 4.22. The molecule has 0 saturated heterocycles. The average molecular weight is 357 g/mol. The van der Waals surface area contributed by atoms with Crippen molar-refractivity contribution in [3.63, 3.8) is 0 Å². The number of aromatic nitrogens is 2. The molecule has 0 N–H and O–H groups in total. The molecule has 0 fully saturated rings. The molecule has 2 heterocycles. The predicted molar refractivity (Wildman–Crippen MR) is 101 cm³/mol. The van der Waals surface area contributed by atoms with Gasteiger partial charge in [0.2, 0.25) is 0 Å². The molecule has 0 aliphatic heterocycles. The number of benzene rings is 2. The van der Waals surface area contributed by atoms with Crippen molar-refractivity contribution in [1.82, 2.24) is 9.55 Å². The van der Waals surface area contributed by atoms with Gasteiger partial charge >= 0.3 is 0 Å². The first-order chi connectivity index (χ1) is 11.1. The van der Waals surface area contributed by atoms with Crippen molar-refractivity contribution < 1.29 is 4.79 Å². The van der Waals surface area contributed by atoms with Crippen molar-refractivity contribution >= 4 is 50.9 Å². The van der Waals surface area contributed by atoms with Gasteiger partial charge in [0.25, 0.3) is 5.24 Å². The SMILES string of the molecule is Cc1ccc2c(c1)cc(C(=O)Cl)n2-c1nccc2ccccc12.Cl. The maximum Gasteiger partial charge on any atom is 0.269 e. The highest BCUT2D eigenvalue weighted by Crippen LogP contribution is 2.29. The van der Waals surface area contributed by atoms with Gasteiger partial charge in [0.15, 0.2) is 0 Å². The van der Waals surface area contributed by atoms with Gasteiger partial charge in [-0.1, -0.05) is 35.9 Å². The second kappa shape index (κ2) is 6.27. The Morgan fingerprint density at radius 1 is 1.04 bits per heavy atom. The van der Waals surface area contributed by atoms with E-state index in [1.54, 1.807) is 6.20 Å². The van der Waals surface area contributed by atoms with E-state index in [0.29, 0.717) is 11.5 Å². The lowest BCUT2D eigenvalue weighted by atomic mass is 10.1. The Labute approximate surface area is 150 Å². The standard InChI is InChI=1S/C19H13ClN2O.ClH/c1-12-6-7-16-14(10-12)11-17(18(20)23)22(16)19-15-5-3-2-4-13(15)8-9-21-19;/h2-11H,1H3;1H. The number of hydrogen-bond acceptors (Lipinski definition) is 2. The minimum absolute atomic E-state index is 0. The fourth-order valence-corrected chi connectivity index (χ4v) is 3.13. The number of rotatable bonds is 2. The largest absolute Gasteiger partial charge is 0.289 e. The lowest BCUT2D eigenvalue weighted by Crippen LogP contribution is -2.05. The summed E-state index contributed by atoms with van der Waals surface area (Å²) in [5.74, 6) is 0.714. The van der Waals surface area contributed by atoms with E-state index >= 15 is 0 Å². The molecule has 0 spiro atoms. The number of aryl methyl sites for hydroxylation is 1. The van der Waals surface area contributed by atoms with Crippen LogP contribution in [-0.2, 0) is 0 Å². The van der Waals surface area contributed by atoms with Gasteiger partial charge in [-0.2, -0.15) is 0 Å². The second-order valence-electron chi connectivity index (χ2n) is 5.56. The number of pyridine rings is 1. The van der Waals surface area contributed by atoms with Crippen LogP contribution in [0.5, 0.6) is 0 Å². The summed E-state index contributed by atoms with van der Waals surface area (Å²) in [6.07, 6.45) is 1.75. The van der Waals surface area contributed by atoms with Gasteiger partial charge < -0.3 is 0 Å². The van der Waals surface area contributed by atoms with Crippen LogP contribution in [0.4, 0.5) is 0 Å². The van der Waals surface area contributed by atoms with Crippen molar-refractivity contribution in [1.29, 1.82) is 0 Å². The Kier molecular flexibility index (Phi) is 4.31. The lowest BCUT2D eigenvalue weighted by Gasteiger charge is -2.11. The first-order valence-corrected chi connectivity index (χ1v) is 7.69. The summed E-state index contributed by atoms with van der Waals surface area (Å²) >= 11 is 5.83. The summed E-state index contributed by atoms with van der Waals surface area (Å²) in [5, 5.41) is 2.53. The molecule has 0 aliphatic rings. The summed E-state index contributed by atoms with van der Waals surface area (Å²) in [6, 6.07) is 17.8. The Morgan fingerprint density at radius 2 is 1.83 bits per heavy atom. The molecule has 120 valence electrons. The minimum atomic E-state index is -0.492. The maximum absolute atomic E-state index is 11.9. The second-order valence-corrected chi connectivity index (χ2v) is 5.90. The van der Waals surface area contributed by atoms with Crippen LogP contribution in [0.1, 0.15) is 16.1 Å². The van der Waals surface area contributed by atoms with Gasteiger partial charge in [-0.3, -0.25) is 9.36 Å². The molecule has 4 aromatic rings. The zero-order chi connectivity index (χ0) is 16.0. The molecule has 24 heavy (non-hydrogen) atoms. The van der Waals surface area contributed by atoms with Crippen molar-refractivity contribution in [2.45, 2.75) is 6.92 Å². The zero-order valence-corrected chi connectivity index (χ0v) is 14.4. The highest BCUT2D eigenvalue weighted by atomic mass is 35.5. The molecule has 0 unspecified atom stereocenters. The van der Waals surface area contributed by atoms with Gasteiger partial charge in [-0.05, 0) is 48.2 Å². The van der Waals surface area contributed by atoms with Crippen LogP contribution in [-0.4, -0.2) is 14.8 Å². The maximum atomic E-state index is 11.9. The van der Waals surface area contributed by atoms with Crippen molar-refractivity contribution in [3.8, 4) is 5.82 Å². The fourth-order valence-electron chi connectivity index (χ4n) is 2.99. The van der Waals surface area contributed by atoms with Gasteiger partial charge in [0.1, 0.15) is 11.5 Å². The van der Waals surface area contributed by atoms with E-state index in [0.717, 1.165) is 27.2 Å². The highest BCUT2D eigenvalue weighted by molar-refractivity contribution is 6.67. The lowest BCUT2D eigenvalue weighted by molar-refractivity contribution is 0.107. The molecule has 3 nitrogen and oxygen atoms in total. The van der Waals surface area contributed by atoms with Crippen LogP contribution < -0.4 is 0 Å². The first-order valence-electron chi connectivity index (χ1n) is 7.31. The van der Waals surface area contributed by atoms with E-state index in [1.165, 1.54) is 0 Å². The Hall–Kier alpha value is -2.36. The Morgan fingerprint density at radius 3 is 2.62 bits per heavy atom. The summed E-state index contributed by atoms with van der Waals surface area (Å²) in [7, 11) is 0. The molecular weight excluding hydrogens is 343 g/mol. The van der Waals surface area contributed by atoms with Crippen LogP contribution in [0, 0.1) is 6.92 Å². The average Bonchev–Trinajstić information content (AvgIpc) is 2.93. The van der Waals surface area contributed by atoms with E-state index in [9.17, 15) is 4.79 Å². The van der Waals surface area contributed by atoms with E-state index in [-0.39, 0.29) is 12.4 Å². The molecule has 0 atom stereocenters. The molecule has 4 rings (SSSR count). The monoisotopic (exact) mass is 356 g/mol. The van der Waals surface area contributed by atoms with Crippen LogP contribution in [0.15, 0.2) is 60.8 Å². The number of nitrogens with zero attached hydrogens (tertiary/aromatic N) is 2. The number of carbonyl (C=O) groups excluding carboxylic acids is 1. The number of carbonyl (C=O) groups is 1. The van der Waals surface area contributed by atoms with Crippen LogP contribution in [0.2, 0.25) is 0 Å². The topological polar surface area (TPSA) is 34.9 Å². The van der Waals surface area contributed by atoms with E-state index < -0.39 is 5.24 Å². The molecular formula is C19H14Cl2N2O. The third kappa shape index (κ3) is 2.56. The normalized spacial score (nSPS) is 10.8. The molecule has 0 bridgehead atoms. The smallest absolute Gasteiger partial charge is 0.269 e. The van der Waals surface area contributed by atoms with Gasteiger partial charge in [0.05, 0.1) is 5.52 Å². The van der Waals surface area contributed by atoms with Crippen molar-refractivity contribution in [2.75, 3.05) is 0 Å². The van der Waals surface area contributed by atoms with Crippen LogP contribution in [0.25, 0.3) is 27.5 Å². The molecule has 0 amide bonds. The Bertz CT molecular complexity index is 1060. The quantitative estimate of drug-likeness (QED) is 0.457. The van der Waals surface area contributed by atoms with Crippen LogP contribution >= 0.6 is 24.0 Å². The summed E-state index contributed by atoms with van der Waals surface area (Å²) in [4.78, 5) is 16.5. The van der Waals surface area contributed by atoms with E-state index in [4.69, 9.17) is 11.6 Å². The van der Waals surface area contributed by atoms with Gasteiger partial charge in [-0.15, -0.1) is 12.4 Å². The number of fused-ring (bicyclic) bond motifs is 2. The van der Waals surface area contributed by atoms with Crippen molar-refractivity contribution in [2.24, 2.45) is 0 Å². The zero-order valence-electron chi connectivity index (χ0n) is 12.9. The minimum Gasteiger partial charge on any atom is -0.289 e. The molecule has 5 heteroatoms. The summed E-state index contributed by atoms with van der Waals surface area (Å²) in [6.45, 7) is 2.02. The fraction of sp³-hybridized carbons (Fsp3) is 0.0526. The van der Waals surface area contributed by atoms with E-state index in [1.807, 2.05) is 66.1 Å². The van der Waals surface area contributed by atoms with E-state index in [2.05, 4.69) is 4.98 Å². The van der Waals surface area contributed by atoms with Gasteiger partial charge in [-0.25, -0.2) is 4.98 Å². The number of hydrogen-bond donors (Lipinski definition) is 0. The molecule has 0 saturated carbocycles. The molecule has 2 aromatic heterocycles. The van der Waals surface area contributed by atoms with Crippen molar-refractivity contribution in [3.05, 3.63) is 72.1 Å². The molecule has 2 aromatic carbocycles. The summed E-state index contributed by atoms with van der Waals surface area (Å²) < 4.78 is 1.84. The Balaban J connectivity index is 0.00000169.